The van der Waals surface area contributed by atoms with E-state index < -0.39 is 16.7 Å². The highest BCUT2D eigenvalue weighted by Gasteiger charge is 2.15. The van der Waals surface area contributed by atoms with E-state index in [9.17, 15) is 19.7 Å². The monoisotopic (exact) mass is 311 g/mol. The molecule has 2 aromatic rings. The van der Waals surface area contributed by atoms with Crippen LogP contribution in [-0.4, -0.2) is 16.7 Å². The zero-order valence-electron chi connectivity index (χ0n) is 12.0. The van der Waals surface area contributed by atoms with Gasteiger partial charge in [0.1, 0.15) is 0 Å². The van der Waals surface area contributed by atoms with E-state index >= 15 is 0 Å². The molecule has 2 rings (SSSR count). The Hall–Kier alpha value is -3.48. The van der Waals surface area contributed by atoms with E-state index in [1.165, 1.54) is 12.1 Å². The average Bonchev–Trinajstić information content (AvgIpc) is 2.55. The van der Waals surface area contributed by atoms with Crippen molar-refractivity contribution in [3.8, 4) is 0 Å². The Morgan fingerprint density at radius 2 is 1.74 bits per heavy atom. The van der Waals surface area contributed by atoms with Crippen molar-refractivity contribution in [3.05, 3.63) is 76.9 Å². The molecule has 0 saturated heterocycles. The van der Waals surface area contributed by atoms with E-state index in [1.54, 1.807) is 30.3 Å². The fourth-order valence-electron chi connectivity index (χ4n) is 1.84. The number of carbonyl (C=O) groups excluding carboxylic acids is 2. The Bertz CT molecular complexity index is 772. The van der Waals surface area contributed by atoms with Gasteiger partial charge in [-0.25, -0.2) is 0 Å². The lowest BCUT2D eigenvalue weighted by Gasteiger charge is -2.08. The van der Waals surface area contributed by atoms with E-state index in [-0.39, 0.29) is 16.9 Å². The highest BCUT2D eigenvalue weighted by molar-refractivity contribution is 6.06. The molecule has 0 bridgehead atoms. The van der Waals surface area contributed by atoms with Crippen LogP contribution in [0.3, 0.4) is 0 Å². The number of hydrogen-bond acceptors (Lipinski definition) is 4. The summed E-state index contributed by atoms with van der Waals surface area (Å²) in [5.41, 5.74) is 0.454. The van der Waals surface area contributed by atoms with E-state index in [2.05, 4.69) is 17.2 Å². The second-order valence-corrected chi connectivity index (χ2v) is 4.54. The molecule has 0 spiro atoms. The smallest absolute Gasteiger partial charge is 0.272 e. The number of non-ortho nitro benzene ring substituents is 1. The molecular weight excluding hydrogens is 298 g/mol. The van der Waals surface area contributed by atoms with Crippen molar-refractivity contribution >= 4 is 28.9 Å². The van der Waals surface area contributed by atoms with Crippen LogP contribution in [0.2, 0.25) is 0 Å². The lowest BCUT2D eigenvalue weighted by molar-refractivity contribution is -0.384. The highest BCUT2D eigenvalue weighted by atomic mass is 16.6. The number of amides is 2. The molecule has 0 aliphatic heterocycles. The zero-order valence-corrected chi connectivity index (χ0v) is 12.0. The van der Waals surface area contributed by atoms with Crippen LogP contribution in [-0.2, 0) is 4.79 Å². The topological polar surface area (TPSA) is 101 Å². The molecule has 116 valence electrons. The number of anilines is 2. The molecule has 23 heavy (non-hydrogen) atoms. The molecule has 7 heteroatoms. The first-order valence-electron chi connectivity index (χ1n) is 6.59. The molecule has 7 nitrogen and oxygen atoms in total. The third-order valence-corrected chi connectivity index (χ3v) is 2.88. The number of benzene rings is 2. The van der Waals surface area contributed by atoms with Crippen molar-refractivity contribution in [2.45, 2.75) is 0 Å². The van der Waals surface area contributed by atoms with Gasteiger partial charge in [-0.15, -0.1) is 0 Å². The van der Waals surface area contributed by atoms with Crippen molar-refractivity contribution in [1.82, 2.24) is 0 Å². The third-order valence-electron chi connectivity index (χ3n) is 2.88. The highest BCUT2D eigenvalue weighted by Crippen LogP contribution is 2.22. The van der Waals surface area contributed by atoms with Crippen LogP contribution in [0.5, 0.6) is 0 Å². The number of nitrogens with one attached hydrogen (secondary N) is 2. The van der Waals surface area contributed by atoms with Gasteiger partial charge in [0.2, 0.25) is 5.91 Å². The van der Waals surface area contributed by atoms with Crippen LogP contribution in [0.1, 0.15) is 10.4 Å². The minimum absolute atomic E-state index is 0.0578. The van der Waals surface area contributed by atoms with Crippen LogP contribution >= 0.6 is 0 Å². The first-order valence-corrected chi connectivity index (χ1v) is 6.59. The van der Waals surface area contributed by atoms with Crippen molar-refractivity contribution in [3.63, 3.8) is 0 Å². The molecule has 2 amide bonds. The normalized spacial score (nSPS) is 9.74. The minimum atomic E-state index is -0.636. The summed E-state index contributed by atoms with van der Waals surface area (Å²) in [6.07, 6.45) is 1.03. The van der Waals surface area contributed by atoms with Gasteiger partial charge in [0.25, 0.3) is 11.6 Å². The standard InChI is InChI=1S/C16H13N3O4/c1-2-15(20)17-13-8-11(9-14(10-13)19(22)23)16(21)18-12-6-4-3-5-7-12/h2-10H,1H2,(H,17,20)(H,18,21). The van der Waals surface area contributed by atoms with Crippen molar-refractivity contribution in [2.75, 3.05) is 10.6 Å². The van der Waals surface area contributed by atoms with Gasteiger partial charge in [-0.2, -0.15) is 0 Å². The van der Waals surface area contributed by atoms with Gasteiger partial charge in [-0.3, -0.25) is 19.7 Å². The molecule has 0 radical (unpaired) electrons. The SMILES string of the molecule is C=CC(=O)Nc1cc(C(=O)Nc2ccccc2)cc([N+](=O)[O-])c1. The minimum Gasteiger partial charge on any atom is -0.322 e. The summed E-state index contributed by atoms with van der Waals surface area (Å²) < 4.78 is 0. The number of hydrogen-bond donors (Lipinski definition) is 2. The third kappa shape index (κ3) is 4.24. The van der Waals surface area contributed by atoms with Crippen molar-refractivity contribution < 1.29 is 14.5 Å². The first-order chi connectivity index (χ1) is 11.0. The van der Waals surface area contributed by atoms with E-state index in [0.29, 0.717) is 5.69 Å². The maximum atomic E-state index is 12.2. The van der Waals surface area contributed by atoms with Crippen LogP contribution in [0, 0.1) is 10.1 Å². The maximum Gasteiger partial charge on any atom is 0.272 e. The van der Waals surface area contributed by atoms with Crippen LogP contribution in [0.25, 0.3) is 0 Å². The molecule has 0 aliphatic rings. The van der Waals surface area contributed by atoms with Gasteiger partial charge in [-0.1, -0.05) is 24.8 Å². The number of nitrogens with zero attached hydrogens (tertiary/aromatic N) is 1. The van der Waals surface area contributed by atoms with Crippen LogP contribution in [0.15, 0.2) is 61.2 Å². The molecule has 2 aromatic carbocycles. The Labute approximate surface area is 131 Å². The van der Waals surface area contributed by atoms with Gasteiger partial charge < -0.3 is 10.6 Å². The lowest BCUT2D eigenvalue weighted by atomic mass is 10.1. The Kier molecular flexibility index (Phi) is 4.83. The largest absolute Gasteiger partial charge is 0.322 e. The summed E-state index contributed by atoms with van der Waals surface area (Å²) in [6.45, 7) is 3.30. The van der Waals surface area contributed by atoms with E-state index in [0.717, 1.165) is 12.1 Å². The van der Waals surface area contributed by atoms with Gasteiger partial charge in [-0.05, 0) is 24.3 Å². The second-order valence-electron chi connectivity index (χ2n) is 4.54. The lowest BCUT2D eigenvalue weighted by Crippen LogP contribution is -2.14. The Morgan fingerprint density at radius 1 is 1.04 bits per heavy atom. The molecular formula is C16H13N3O4. The summed E-state index contributed by atoms with van der Waals surface area (Å²) in [5, 5.41) is 16.0. The molecule has 0 heterocycles. The number of carbonyl (C=O) groups is 2. The molecule has 0 aromatic heterocycles. The zero-order chi connectivity index (χ0) is 16.8. The summed E-state index contributed by atoms with van der Waals surface area (Å²) in [7, 11) is 0. The number of nitro benzene ring substituents is 1. The average molecular weight is 311 g/mol. The number of rotatable bonds is 5. The second kappa shape index (κ2) is 6.99. The quantitative estimate of drug-likeness (QED) is 0.503. The van der Waals surface area contributed by atoms with Crippen LogP contribution < -0.4 is 10.6 Å². The van der Waals surface area contributed by atoms with E-state index in [4.69, 9.17) is 0 Å². The molecule has 0 unspecified atom stereocenters. The van der Waals surface area contributed by atoms with E-state index in [1.807, 2.05) is 0 Å². The van der Waals surface area contributed by atoms with Crippen LogP contribution in [0.4, 0.5) is 17.1 Å². The number of nitro groups is 1. The predicted octanol–water partition coefficient (Wildman–Crippen LogP) is 2.97. The molecule has 2 N–H and O–H groups in total. The molecule has 0 saturated carbocycles. The predicted molar refractivity (Wildman–Crippen MR) is 86.3 cm³/mol. The van der Waals surface area contributed by atoms with Gasteiger partial charge in [0.15, 0.2) is 0 Å². The maximum absolute atomic E-state index is 12.2. The first kappa shape index (κ1) is 15.9. The van der Waals surface area contributed by atoms with Crippen molar-refractivity contribution in [1.29, 1.82) is 0 Å². The molecule has 0 atom stereocenters. The molecule has 0 aliphatic carbocycles. The Morgan fingerprint density at radius 3 is 2.35 bits per heavy atom. The van der Waals surface area contributed by atoms with Gasteiger partial charge in [0.05, 0.1) is 4.92 Å². The number of para-hydroxylation sites is 1. The fourth-order valence-corrected chi connectivity index (χ4v) is 1.84. The Balaban J connectivity index is 2.32. The van der Waals surface area contributed by atoms with Gasteiger partial charge in [0, 0.05) is 29.1 Å². The molecule has 0 fully saturated rings. The fraction of sp³-hybridized carbons (Fsp3) is 0. The summed E-state index contributed by atoms with van der Waals surface area (Å²) >= 11 is 0. The summed E-state index contributed by atoms with van der Waals surface area (Å²) in [5.74, 6) is -1.05. The van der Waals surface area contributed by atoms with Gasteiger partial charge >= 0.3 is 0 Å². The van der Waals surface area contributed by atoms with Crippen molar-refractivity contribution in [2.24, 2.45) is 0 Å². The summed E-state index contributed by atoms with van der Waals surface area (Å²) in [6, 6.07) is 12.3. The summed E-state index contributed by atoms with van der Waals surface area (Å²) in [4.78, 5) is 33.9.